The van der Waals surface area contributed by atoms with Crippen LogP contribution in [0.25, 0.3) is 11.4 Å². The lowest BCUT2D eigenvalue weighted by Crippen LogP contribution is -1.93. The number of nitrogens with one attached hydrogen (secondary N) is 1. The van der Waals surface area contributed by atoms with E-state index < -0.39 is 5.82 Å². The van der Waals surface area contributed by atoms with Gasteiger partial charge in [-0.1, -0.05) is 0 Å². The van der Waals surface area contributed by atoms with Gasteiger partial charge in [-0.3, -0.25) is 0 Å². The number of aromatic nitrogens is 4. The Bertz CT molecular complexity index is 455. The van der Waals surface area contributed by atoms with Crippen molar-refractivity contribution in [2.24, 2.45) is 0 Å². The molecule has 1 heterocycles. The summed E-state index contributed by atoms with van der Waals surface area (Å²) in [5.74, 6) is -0.0447. The SMILES string of the molecule is Nc1cc(-c2nnn[nH]2)c(Br)cc1F. The van der Waals surface area contributed by atoms with Crippen LogP contribution in [0.2, 0.25) is 0 Å². The number of tetrazole rings is 1. The summed E-state index contributed by atoms with van der Waals surface area (Å²) in [5.41, 5.74) is 6.09. The highest BCUT2D eigenvalue weighted by atomic mass is 79.9. The summed E-state index contributed by atoms with van der Waals surface area (Å²) < 4.78 is 13.5. The monoisotopic (exact) mass is 257 g/mol. The van der Waals surface area contributed by atoms with Crippen molar-refractivity contribution in [2.75, 3.05) is 5.73 Å². The van der Waals surface area contributed by atoms with Crippen LogP contribution in [-0.2, 0) is 0 Å². The molecule has 0 amide bonds. The highest BCUT2D eigenvalue weighted by Crippen LogP contribution is 2.28. The molecule has 0 aliphatic carbocycles. The average molecular weight is 258 g/mol. The lowest BCUT2D eigenvalue weighted by Gasteiger charge is -2.02. The second-order valence-electron chi connectivity index (χ2n) is 2.60. The molecule has 7 heteroatoms. The molecule has 0 fully saturated rings. The van der Waals surface area contributed by atoms with E-state index >= 15 is 0 Å². The average Bonchev–Trinajstić information content (AvgIpc) is 2.64. The van der Waals surface area contributed by atoms with E-state index in [0.29, 0.717) is 15.9 Å². The highest BCUT2D eigenvalue weighted by Gasteiger charge is 2.10. The number of H-pyrrole nitrogens is 1. The van der Waals surface area contributed by atoms with Gasteiger partial charge in [0.25, 0.3) is 0 Å². The fraction of sp³-hybridized carbons (Fsp3) is 0. The van der Waals surface area contributed by atoms with E-state index in [1.165, 1.54) is 12.1 Å². The minimum absolute atomic E-state index is 0.0552. The summed E-state index contributed by atoms with van der Waals surface area (Å²) >= 11 is 3.19. The maximum absolute atomic E-state index is 13.0. The molecule has 5 nitrogen and oxygen atoms in total. The van der Waals surface area contributed by atoms with Gasteiger partial charge in [0.1, 0.15) is 5.82 Å². The Morgan fingerprint density at radius 3 is 2.86 bits per heavy atom. The minimum atomic E-state index is -0.479. The predicted octanol–water partition coefficient (Wildman–Crippen LogP) is 1.35. The number of nitrogens with two attached hydrogens (primary N) is 1. The molecule has 1 aromatic carbocycles. The van der Waals surface area contributed by atoms with E-state index in [9.17, 15) is 4.39 Å². The van der Waals surface area contributed by atoms with E-state index in [1.807, 2.05) is 0 Å². The molecule has 0 unspecified atom stereocenters. The van der Waals surface area contributed by atoms with Gasteiger partial charge in [0.05, 0.1) is 5.69 Å². The number of hydrogen-bond donors (Lipinski definition) is 2. The van der Waals surface area contributed by atoms with Crippen molar-refractivity contribution in [3.8, 4) is 11.4 Å². The molecule has 0 atom stereocenters. The number of halogens is 2. The molecule has 3 N–H and O–H groups in total. The molecule has 0 aliphatic heterocycles. The summed E-state index contributed by atoms with van der Waals surface area (Å²) in [6, 6.07) is 2.73. The lowest BCUT2D eigenvalue weighted by atomic mass is 10.2. The number of aromatic amines is 1. The lowest BCUT2D eigenvalue weighted by molar-refractivity contribution is 0.632. The molecule has 0 bridgehead atoms. The molecular weight excluding hydrogens is 253 g/mol. The molecule has 72 valence electrons. The Balaban J connectivity index is 2.60. The van der Waals surface area contributed by atoms with Gasteiger partial charge in [0.15, 0.2) is 5.82 Å². The molecule has 0 aliphatic rings. The molecule has 14 heavy (non-hydrogen) atoms. The van der Waals surface area contributed by atoms with Crippen LogP contribution in [0.1, 0.15) is 0 Å². The van der Waals surface area contributed by atoms with Gasteiger partial charge in [0.2, 0.25) is 0 Å². The van der Waals surface area contributed by atoms with Crippen LogP contribution < -0.4 is 5.73 Å². The zero-order chi connectivity index (χ0) is 10.1. The molecule has 0 radical (unpaired) electrons. The maximum Gasteiger partial charge on any atom is 0.180 e. The number of nitrogens with zero attached hydrogens (tertiary/aromatic N) is 3. The largest absolute Gasteiger partial charge is 0.396 e. The highest BCUT2D eigenvalue weighted by molar-refractivity contribution is 9.10. The van der Waals surface area contributed by atoms with Crippen LogP contribution in [-0.4, -0.2) is 20.6 Å². The topological polar surface area (TPSA) is 80.5 Å². The second kappa shape index (κ2) is 3.33. The van der Waals surface area contributed by atoms with Crippen molar-refractivity contribution in [2.45, 2.75) is 0 Å². The Morgan fingerprint density at radius 2 is 2.21 bits per heavy atom. The summed E-state index contributed by atoms with van der Waals surface area (Å²) in [6.07, 6.45) is 0. The van der Waals surface area contributed by atoms with E-state index in [4.69, 9.17) is 5.73 Å². The van der Waals surface area contributed by atoms with E-state index in [0.717, 1.165) is 0 Å². The number of anilines is 1. The van der Waals surface area contributed by atoms with Crippen molar-refractivity contribution >= 4 is 21.6 Å². The Hall–Kier alpha value is -1.50. The van der Waals surface area contributed by atoms with Gasteiger partial charge in [-0.2, -0.15) is 0 Å². The van der Waals surface area contributed by atoms with Crippen LogP contribution in [0, 0.1) is 5.82 Å². The first-order chi connectivity index (χ1) is 6.68. The number of hydrogen-bond acceptors (Lipinski definition) is 4. The van der Waals surface area contributed by atoms with Crippen LogP contribution in [0.15, 0.2) is 16.6 Å². The maximum atomic E-state index is 13.0. The third kappa shape index (κ3) is 1.46. The molecule has 1 aromatic heterocycles. The Kier molecular flexibility index (Phi) is 2.16. The van der Waals surface area contributed by atoms with Gasteiger partial charge in [0, 0.05) is 10.0 Å². The molecule has 2 rings (SSSR count). The third-order valence-electron chi connectivity index (χ3n) is 1.69. The summed E-state index contributed by atoms with van der Waals surface area (Å²) in [6.45, 7) is 0. The van der Waals surface area contributed by atoms with E-state index in [1.54, 1.807) is 0 Å². The Labute approximate surface area is 86.6 Å². The van der Waals surface area contributed by atoms with Gasteiger partial charge < -0.3 is 5.73 Å². The molecule has 2 aromatic rings. The van der Waals surface area contributed by atoms with Crippen molar-refractivity contribution in [1.82, 2.24) is 20.6 Å². The minimum Gasteiger partial charge on any atom is -0.396 e. The summed E-state index contributed by atoms with van der Waals surface area (Å²) in [5, 5.41) is 13.1. The normalized spacial score (nSPS) is 10.4. The molecular formula is C7H5BrFN5. The van der Waals surface area contributed by atoms with Gasteiger partial charge >= 0.3 is 0 Å². The fourth-order valence-corrected chi connectivity index (χ4v) is 1.52. The first kappa shape index (κ1) is 9.07. The summed E-state index contributed by atoms with van der Waals surface area (Å²) in [4.78, 5) is 0. The van der Waals surface area contributed by atoms with Crippen LogP contribution in [0.3, 0.4) is 0 Å². The first-order valence-electron chi connectivity index (χ1n) is 3.67. The molecule has 0 saturated carbocycles. The zero-order valence-corrected chi connectivity index (χ0v) is 8.42. The van der Waals surface area contributed by atoms with Gasteiger partial charge in [-0.05, 0) is 38.5 Å². The van der Waals surface area contributed by atoms with Crippen molar-refractivity contribution < 1.29 is 4.39 Å². The van der Waals surface area contributed by atoms with Crippen LogP contribution in [0.5, 0.6) is 0 Å². The number of rotatable bonds is 1. The first-order valence-corrected chi connectivity index (χ1v) is 4.46. The van der Waals surface area contributed by atoms with Gasteiger partial charge in [-0.25, -0.2) is 9.49 Å². The Morgan fingerprint density at radius 1 is 1.43 bits per heavy atom. The number of nitrogen functional groups attached to an aromatic ring is 1. The van der Waals surface area contributed by atoms with Crippen LogP contribution in [0.4, 0.5) is 10.1 Å². The third-order valence-corrected chi connectivity index (χ3v) is 2.34. The fourth-order valence-electron chi connectivity index (χ4n) is 1.02. The standard InChI is InChI=1S/C7H5BrFN5/c8-4-2-5(9)6(10)1-3(4)7-11-13-14-12-7/h1-2H,10H2,(H,11,12,13,14). The summed E-state index contributed by atoms with van der Waals surface area (Å²) in [7, 11) is 0. The van der Waals surface area contributed by atoms with Crippen molar-refractivity contribution in [1.29, 1.82) is 0 Å². The molecule has 0 spiro atoms. The van der Waals surface area contributed by atoms with E-state index in [-0.39, 0.29) is 5.69 Å². The van der Waals surface area contributed by atoms with E-state index in [2.05, 4.69) is 36.6 Å². The zero-order valence-electron chi connectivity index (χ0n) is 6.83. The second-order valence-corrected chi connectivity index (χ2v) is 3.46. The van der Waals surface area contributed by atoms with Crippen LogP contribution >= 0.6 is 15.9 Å². The quantitative estimate of drug-likeness (QED) is 0.756. The smallest absolute Gasteiger partial charge is 0.180 e. The molecule has 0 saturated heterocycles. The number of benzene rings is 1. The van der Waals surface area contributed by atoms with Crippen molar-refractivity contribution in [3.63, 3.8) is 0 Å². The van der Waals surface area contributed by atoms with Gasteiger partial charge in [-0.15, -0.1) is 5.10 Å². The van der Waals surface area contributed by atoms with Crippen molar-refractivity contribution in [3.05, 3.63) is 22.4 Å². The predicted molar refractivity (Wildman–Crippen MR) is 51.7 cm³/mol.